The molecule has 2 aliphatic rings. The van der Waals surface area contributed by atoms with Gasteiger partial charge in [-0.25, -0.2) is 28.1 Å². The summed E-state index contributed by atoms with van der Waals surface area (Å²) in [5.74, 6) is 0.970. The number of hydrogen-bond donors (Lipinski definition) is 2. The standard InChI is InChI=1S/C21H23N5O3S2/c1-11-3-4-13(31(27,28)26-19-14-5-6-29-10-16(14)19)7-15(11)17-8-24-21(22)20(25-17)18-9-23-12(2)30-18/h3-4,7-9,14,16,19,26H,5-6,10H2,1-2H3,(H2,22,24)/t14-,16?,19-/m1/s1. The molecule has 3 aromatic rings. The smallest absolute Gasteiger partial charge is 0.240 e. The third-order valence-electron chi connectivity index (χ3n) is 5.98. The minimum absolute atomic E-state index is 0.0465. The van der Waals surface area contributed by atoms with Gasteiger partial charge in [-0.2, -0.15) is 0 Å². The van der Waals surface area contributed by atoms with Crippen molar-refractivity contribution in [2.24, 2.45) is 11.8 Å². The van der Waals surface area contributed by atoms with Crippen LogP contribution in [0.15, 0.2) is 35.5 Å². The van der Waals surface area contributed by atoms with E-state index < -0.39 is 10.0 Å². The van der Waals surface area contributed by atoms with Crippen molar-refractivity contribution >= 4 is 27.2 Å². The van der Waals surface area contributed by atoms with Crippen molar-refractivity contribution in [2.45, 2.75) is 31.2 Å². The number of nitrogens with zero attached hydrogens (tertiary/aromatic N) is 3. The molecule has 31 heavy (non-hydrogen) atoms. The first-order valence-electron chi connectivity index (χ1n) is 10.1. The lowest BCUT2D eigenvalue weighted by Gasteiger charge is -2.12. The zero-order chi connectivity index (χ0) is 21.8. The lowest BCUT2D eigenvalue weighted by Crippen LogP contribution is -2.28. The van der Waals surface area contributed by atoms with E-state index in [9.17, 15) is 8.42 Å². The maximum absolute atomic E-state index is 13.1. The van der Waals surface area contributed by atoms with Crippen LogP contribution in [-0.4, -0.2) is 42.6 Å². The zero-order valence-corrected chi connectivity index (χ0v) is 18.8. The van der Waals surface area contributed by atoms with Crippen LogP contribution in [0.1, 0.15) is 17.0 Å². The van der Waals surface area contributed by atoms with Crippen molar-refractivity contribution in [1.82, 2.24) is 19.7 Å². The number of hydrogen-bond acceptors (Lipinski definition) is 8. The van der Waals surface area contributed by atoms with Crippen molar-refractivity contribution in [3.63, 3.8) is 0 Å². The Morgan fingerprint density at radius 1 is 1.19 bits per heavy atom. The second-order valence-electron chi connectivity index (χ2n) is 8.05. The Morgan fingerprint density at radius 3 is 2.74 bits per heavy atom. The average Bonchev–Trinajstić information content (AvgIpc) is 3.24. The van der Waals surface area contributed by atoms with Crippen molar-refractivity contribution in [3.05, 3.63) is 41.2 Å². The topological polar surface area (TPSA) is 120 Å². The summed E-state index contributed by atoms with van der Waals surface area (Å²) in [6.45, 7) is 5.15. The Balaban J connectivity index is 1.48. The first-order valence-corrected chi connectivity index (χ1v) is 12.4. The van der Waals surface area contributed by atoms with Gasteiger partial charge in [-0.3, -0.25) is 0 Å². The van der Waals surface area contributed by atoms with E-state index in [0.29, 0.717) is 41.9 Å². The van der Waals surface area contributed by atoms with Gasteiger partial charge in [-0.1, -0.05) is 6.07 Å². The van der Waals surface area contributed by atoms with E-state index in [1.807, 2.05) is 13.8 Å². The number of nitrogens with one attached hydrogen (secondary N) is 1. The molecule has 162 valence electrons. The second-order valence-corrected chi connectivity index (χ2v) is 11.0. The molecular formula is C21H23N5O3S2. The monoisotopic (exact) mass is 457 g/mol. The summed E-state index contributed by atoms with van der Waals surface area (Å²) in [5, 5.41) is 0.906. The zero-order valence-electron chi connectivity index (χ0n) is 17.2. The van der Waals surface area contributed by atoms with E-state index in [0.717, 1.165) is 21.9 Å². The summed E-state index contributed by atoms with van der Waals surface area (Å²) in [7, 11) is -3.66. The fourth-order valence-electron chi connectivity index (χ4n) is 4.15. The van der Waals surface area contributed by atoms with Crippen molar-refractivity contribution < 1.29 is 13.2 Å². The van der Waals surface area contributed by atoms with Gasteiger partial charge in [0.05, 0.1) is 33.3 Å². The van der Waals surface area contributed by atoms with Gasteiger partial charge in [0, 0.05) is 30.3 Å². The predicted octanol–water partition coefficient (Wildman–Crippen LogP) is 2.78. The summed E-state index contributed by atoms with van der Waals surface area (Å²) >= 11 is 1.48. The molecule has 1 aliphatic heterocycles. The average molecular weight is 458 g/mol. The number of anilines is 1. The molecule has 5 rings (SSSR count). The summed E-state index contributed by atoms with van der Waals surface area (Å²) < 4.78 is 34.4. The molecule has 3 N–H and O–H groups in total. The minimum Gasteiger partial charge on any atom is -0.382 e. The van der Waals surface area contributed by atoms with E-state index in [-0.39, 0.29) is 16.9 Å². The van der Waals surface area contributed by atoms with Crippen LogP contribution in [0.5, 0.6) is 0 Å². The number of rotatable bonds is 5. The van der Waals surface area contributed by atoms with Gasteiger partial charge < -0.3 is 10.5 Å². The maximum atomic E-state index is 13.1. The number of aryl methyl sites for hydroxylation is 2. The second kappa shape index (κ2) is 7.63. The van der Waals surface area contributed by atoms with E-state index in [1.165, 1.54) is 11.3 Å². The summed E-state index contributed by atoms with van der Waals surface area (Å²) in [4.78, 5) is 14.3. The Kier molecular flexibility index (Phi) is 5.04. The lowest BCUT2D eigenvalue weighted by molar-refractivity contribution is 0.0887. The first-order chi connectivity index (χ1) is 14.8. The third kappa shape index (κ3) is 3.84. The van der Waals surface area contributed by atoms with Gasteiger partial charge in [0.15, 0.2) is 5.82 Å². The van der Waals surface area contributed by atoms with E-state index in [2.05, 4.69) is 14.7 Å². The van der Waals surface area contributed by atoms with Crippen LogP contribution in [0, 0.1) is 25.7 Å². The number of ether oxygens (including phenoxy) is 1. The number of thiazole rings is 1. The molecule has 1 aromatic carbocycles. The highest BCUT2D eigenvalue weighted by Gasteiger charge is 2.53. The number of aromatic nitrogens is 3. The number of nitrogen functional groups attached to an aromatic ring is 1. The number of fused-ring (bicyclic) bond motifs is 1. The van der Waals surface area contributed by atoms with Gasteiger partial charge >= 0.3 is 0 Å². The Morgan fingerprint density at radius 2 is 2.03 bits per heavy atom. The molecule has 2 fully saturated rings. The largest absolute Gasteiger partial charge is 0.382 e. The molecular weight excluding hydrogens is 434 g/mol. The number of nitrogens with two attached hydrogens (primary N) is 1. The molecule has 0 amide bonds. The maximum Gasteiger partial charge on any atom is 0.240 e. The first kappa shape index (κ1) is 20.5. The van der Waals surface area contributed by atoms with Crippen molar-refractivity contribution in [1.29, 1.82) is 0 Å². The van der Waals surface area contributed by atoms with E-state index in [4.69, 9.17) is 15.5 Å². The molecule has 10 heteroatoms. The Labute approximate surface area is 185 Å². The van der Waals surface area contributed by atoms with Gasteiger partial charge in [0.2, 0.25) is 10.0 Å². The van der Waals surface area contributed by atoms with Crippen LogP contribution in [0.2, 0.25) is 0 Å². The molecule has 0 radical (unpaired) electrons. The normalized spacial score (nSPS) is 22.8. The van der Waals surface area contributed by atoms with Gasteiger partial charge in [0.1, 0.15) is 5.69 Å². The Hall–Kier alpha value is -2.40. The Bertz CT molecular complexity index is 1250. The highest BCUT2D eigenvalue weighted by Crippen LogP contribution is 2.45. The fraction of sp³-hybridized carbons (Fsp3) is 0.381. The van der Waals surface area contributed by atoms with Crippen molar-refractivity contribution in [3.8, 4) is 21.8 Å². The highest BCUT2D eigenvalue weighted by molar-refractivity contribution is 7.89. The lowest BCUT2D eigenvalue weighted by atomic mass is 10.1. The SMILES string of the molecule is Cc1ncc(-c2nc(-c3cc(S(=O)(=O)N[C@H]4C5COCC[C@H]54)ccc3C)cnc2N)s1. The van der Waals surface area contributed by atoms with Crippen LogP contribution in [-0.2, 0) is 14.8 Å². The predicted molar refractivity (Wildman–Crippen MR) is 119 cm³/mol. The van der Waals surface area contributed by atoms with Crippen LogP contribution in [0.25, 0.3) is 21.8 Å². The highest BCUT2D eigenvalue weighted by atomic mass is 32.2. The fourth-order valence-corrected chi connectivity index (χ4v) is 6.29. The molecule has 0 spiro atoms. The van der Waals surface area contributed by atoms with E-state index in [1.54, 1.807) is 30.6 Å². The van der Waals surface area contributed by atoms with Crippen molar-refractivity contribution in [2.75, 3.05) is 18.9 Å². The summed E-state index contributed by atoms with van der Waals surface area (Å²) in [6.07, 6.45) is 4.20. The molecule has 1 saturated carbocycles. The molecule has 1 unspecified atom stereocenters. The molecule has 1 saturated heterocycles. The minimum atomic E-state index is -3.66. The quantitative estimate of drug-likeness (QED) is 0.604. The molecule has 3 heterocycles. The van der Waals surface area contributed by atoms with Gasteiger partial charge in [0.25, 0.3) is 0 Å². The molecule has 0 bridgehead atoms. The summed E-state index contributed by atoms with van der Waals surface area (Å²) in [6, 6.07) is 5.03. The molecule has 8 nitrogen and oxygen atoms in total. The van der Waals surface area contributed by atoms with Crippen LogP contribution in [0.4, 0.5) is 5.82 Å². The molecule has 2 aromatic heterocycles. The summed E-state index contributed by atoms with van der Waals surface area (Å²) in [5.41, 5.74) is 8.78. The molecule has 1 aliphatic carbocycles. The van der Waals surface area contributed by atoms with Crippen LogP contribution < -0.4 is 10.5 Å². The molecule has 3 atom stereocenters. The number of sulfonamides is 1. The van der Waals surface area contributed by atoms with Gasteiger partial charge in [-0.15, -0.1) is 11.3 Å². The van der Waals surface area contributed by atoms with Crippen LogP contribution >= 0.6 is 11.3 Å². The van der Waals surface area contributed by atoms with Crippen LogP contribution in [0.3, 0.4) is 0 Å². The third-order valence-corrected chi connectivity index (χ3v) is 8.36. The number of benzene rings is 1. The van der Waals surface area contributed by atoms with Gasteiger partial charge in [-0.05, 0) is 43.9 Å². The van der Waals surface area contributed by atoms with E-state index >= 15 is 0 Å².